The first-order chi connectivity index (χ1) is 11.9. The number of hydrogen-bond donors (Lipinski definition) is 0. The molecule has 25 heavy (non-hydrogen) atoms. The van der Waals surface area contributed by atoms with E-state index in [1.165, 1.54) is 22.3 Å². The minimum atomic E-state index is 0. The summed E-state index contributed by atoms with van der Waals surface area (Å²) in [6, 6.07) is 41.6. The van der Waals surface area contributed by atoms with Crippen LogP contribution < -0.4 is 0 Å². The summed E-state index contributed by atoms with van der Waals surface area (Å²) in [6.07, 6.45) is 0. The van der Waals surface area contributed by atoms with Crippen LogP contribution in [0.4, 0.5) is 0 Å². The average Bonchev–Trinajstić information content (AvgIpc) is 2.71. The van der Waals surface area contributed by atoms with E-state index in [0.717, 1.165) is 0 Å². The Labute approximate surface area is 165 Å². The van der Waals surface area contributed by atoms with Crippen molar-refractivity contribution in [1.29, 1.82) is 0 Å². The Kier molecular flexibility index (Phi) is 7.94. The molecule has 0 saturated heterocycles. The van der Waals surface area contributed by atoms with Crippen molar-refractivity contribution in [3.8, 4) is 22.3 Å². The van der Waals surface area contributed by atoms with Crippen LogP contribution in [0.15, 0.2) is 121 Å². The molecule has 0 spiro atoms. The van der Waals surface area contributed by atoms with Crippen molar-refractivity contribution in [2.45, 2.75) is 0 Å². The molecule has 0 unspecified atom stereocenters. The van der Waals surface area contributed by atoms with Gasteiger partial charge in [0, 0.05) is 22.4 Å². The second kappa shape index (κ2) is 10.5. The predicted molar refractivity (Wildman–Crippen MR) is 104 cm³/mol. The Morgan fingerprint density at radius 2 is 0.400 bits per heavy atom. The van der Waals surface area contributed by atoms with Crippen LogP contribution in [0.25, 0.3) is 22.3 Å². The van der Waals surface area contributed by atoms with Crippen molar-refractivity contribution >= 4 is 0 Å². The zero-order chi connectivity index (χ0) is 16.5. The molecular formula is C24H20Nb. The molecule has 0 N–H and O–H groups in total. The maximum atomic E-state index is 2.12. The molecule has 1 heteroatoms. The molecule has 4 aromatic carbocycles. The molecule has 0 aromatic heterocycles. The third-order valence-electron chi connectivity index (χ3n) is 3.76. The summed E-state index contributed by atoms with van der Waals surface area (Å²) in [6.45, 7) is 0. The molecule has 0 saturated carbocycles. The van der Waals surface area contributed by atoms with Gasteiger partial charge in [0.15, 0.2) is 0 Å². The van der Waals surface area contributed by atoms with Crippen molar-refractivity contribution in [3.63, 3.8) is 0 Å². The van der Waals surface area contributed by atoms with Gasteiger partial charge in [0.1, 0.15) is 0 Å². The van der Waals surface area contributed by atoms with E-state index in [-0.39, 0.29) is 22.4 Å². The largest absolute Gasteiger partial charge is 0.0622 e. The summed E-state index contributed by atoms with van der Waals surface area (Å²) < 4.78 is 0. The van der Waals surface area contributed by atoms with Crippen molar-refractivity contribution in [2.24, 2.45) is 0 Å². The second-order valence-electron chi connectivity index (χ2n) is 5.46. The van der Waals surface area contributed by atoms with E-state index in [2.05, 4.69) is 97.1 Å². The normalized spacial score (nSPS) is 9.28. The standard InChI is InChI=1S/2C12H10.Nb/c2*1-3-7-11(8-4-1)12-9-5-2-6-10-12;/h2*1-10H;. The summed E-state index contributed by atoms with van der Waals surface area (Å²) >= 11 is 0. The third-order valence-corrected chi connectivity index (χ3v) is 3.76. The summed E-state index contributed by atoms with van der Waals surface area (Å²) in [5.74, 6) is 0. The van der Waals surface area contributed by atoms with Crippen LogP contribution in [0.2, 0.25) is 0 Å². The van der Waals surface area contributed by atoms with Crippen molar-refractivity contribution in [3.05, 3.63) is 121 Å². The molecule has 4 aromatic rings. The van der Waals surface area contributed by atoms with Gasteiger partial charge in [-0.15, -0.1) is 0 Å². The van der Waals surface area contributed by atoms with Crippen LogP contribution >= 0.6 is 0 Å². The zero-order valence-corrected chi connectivity index (χ0v) is 16.2. The number of hydrogen-bond acceptors (Lipinski definition) is 0. The first kappa shape index (κ1) is 19.0. The van der Waals surface area contributed by atoms with Crippen LogP contribution in [0.5, 0.6) is 0 Å². The molecular weight excluding hydrogens is 381 g/mol. The van der Waals surface area contributed by atoms with Crippen LogP contribution in [-0.4, -0.2) is 0 Å². The molecule has 0 aliphatic rings. The molecule has 0 nitrogen and oxygen atoms in total. The fourth-order valence-corrected chi connectivity index (χ4v) is 2.52. The fourth-order valence-electron chi connectivity index (χ4n) is 2.52. The van der Waals surface area contributed by atoms with Gasteiger partial charge >= 0.3 is 0 Å². The van der Waals surface area contributed by atoms with Crippen LogP contribution in [0, 0.1) is 0 Å². The third kappa shape index (κ3) is 5.88. The van der Waals surface area contributed by atoms with Gasteiger partial charge in [0.25, 0.3) is 0 Å². The van der Waals surface area contributed by atoms with Crippen LogP contribution in [0.1, 0.15) is 0 Å². The van der Waals surface area contributed by atoms with Gasteiger partial charge in [0.2, 0.25) is 0 Å². The summed E-state index contributed by atoms with van der Waals surface area (Å²) in [5, 5.41) is 0. The van der Waals surface area contributed by atoms with Gasteiger partial charge < -0.3 is 0 Å². The molecule has 0 atom stereocenters. The molecule has 0 amide bonds. The Hall–Kier alpha value is -2.38. The SMILES string of the molecule is [Nb].c1ccc(-c2ccccc2)cc1.c1ccc(-c2ccccc2)cc1. The topological polar surface area (TPSA) is 0 Å². The minimum absolute atomic E-state index is 0. The van der Waals surface area contributed by atoms with E-state index in [0.29, 0.717) is 0 Å². The van der Waals surface area contributed by atoms with Crippen LogP contribution in [-0.2, 0) is 22.4 Å². The van der Waals surface area contributed by atoms with E-state index in [1.807, 2.05) is 24.3 Å². The van der Waals surface area contributed by atoms with Gasteiger partial charge in [-0.05, 0) is 22.3 Å². The molecule has 0 heterocycles. The van der Waals surface area contributed by atoms with Gasteiger partial charge in [-0.2, -0.15) is 0 Å². The molecule has 0 aliphatic carbocycles. The first-order valence-electron chi connectivity index (χ1n) is 8.14. The van der Waals surface area contributed by atoms with Gasteiger partial charge in [-0.3, -0.25) is 0 Å². The molecule has 121 valence electrons. The predicted octanol–water partition coefficient (Wildman–Crippen LogP) is 6.70. The Bertz CT molecular complexity index is 676. The van der Waals surface area contributed by atoms with Gasteiger partial charge in [-0.1, -0.05) is 121 Å². The summed E-state index contributed by atoms with van der Waals surface area (Å²) in [5.41, 5.74) is 5.10. The van der Waals surface area contributed by atoms with Gasteiger partial charge in [0.05, 0.1) is 0 Å². The maximum absolute atomic E-state index is 2.12. The summed E-state index contributed by atoms with van der Waals surface area (Å²) in [7, 11) is 0. The quantitative estimate of drug-likeness (QED) is 0.328. The molecule has 0 bridgehead atoms. The van der Waals surface area contributed by atoms with Gasteiger partial charge in [-0.25, -0.2) is 0 Å². The minimum Gasteiger partial charge on any atom is -0.0622 e. The molecule has 0 fully saturated rings. The Balaban J connectivity index is 0.000000173. The van der Waals surface area contributed by atoms with Crippen LogP contribution in [0.3, 0.4) is 0 Å². The number of benzene rings is 4. The molecule has 4 rings (SSSR count). The van der Waals surface area contributed by atoms with E-state index in [9.17, 15) is 0 Å². The van der Waals surface area contributed by atoms with Crippen molar-refractivity contribution in [1.82, 2.24) is 0 Å². The van der Waals surface area contributed by atoms with E-state index >= 15 is 0 Å². The average molecular weight is 401 g/mol. The van der Waals surface area contributed by atoms with E-state index in [4.69, 9.17) is 0 Å². The van der Waals surface area contributed by atoms with E-state index in [1.54, 1.807) is 0 Å². The van der Waals surface area contributed by atoms with Crippen molar-refractivity contribution in [2.75, 3.05) is 0 Å². The monoisotopic (exact) mass is 401 g/mol. The maximum Gasteiger partial charge on any atom is 0 e. The molecule has 1 radical (unpaired) electrons. The first-order valence-corrected chi connectivity index (χ1v) is 8.14. The summed E-state index contributed by atoms with van der Waals surface area (Å²) in [4.78, 5) is 0. The number of rotatable bonds is 2. The van der Waals surface area contributed by atoms with Crippen molar-refractivity contribution < 1.29 is 22.4 Å². The van der Waals surface area contributed by atoms with E-state index < -0.39 is 0 Å². The zero-order valence-electron chi connectivity index (χ0n) is 14.0. The fraction of sp³-hybridized carbons (Fsp3) is 0. The smallest absolute Gasteiger partial charge is 0 e. The Morgan fingerprint density at radius 1 is 0.240 bits per heavy atom. The Morgan fingerprint density at radius 3 is 0.560 bits per heavy atom. The molecule has 0 aliphatic heterocycles. The second-order valence-corrected chi connectivity index (χ2v) is 5.46.